The molecule has 228 valence electrons. The zero-order chi connectivity index (χ0) is 32.5. The summed E-state index contributed by atoms with van der Waals surface area (Å²) in [7, 11) is 1.50. The summed E-state index contributed by atoms with van der Waals surface area (Å²) in [5, 5.41) is 15.0. The molecule has 0 spiro atoms. The summed E-state index contributed by atoms with van der Waals surface area (Å²) in [6, 6.07) is 16.9. The van der Waals surface area contributed by atoms with E-state index in [9.17, 15) is 32.7 Å². The van der Waals surface area contributed by atoms with Crippen molar-refractivity contribution in [3.05, 3.63) is 122 Å². The normalized spacial score (nSPS) is 12.0. The molecule has 1 atom stereocenters. The number of carbonyl (C=O) groups is 3. The highest BCUT2D eigenvalue weighted by Gasteiger charge is 2.43. The van der Waals surface area contributed by atoms with E-state index in [0.29, 0.717) is 33.4 Å². The molecule has 9 heteroatoms. The molecule has 0 aromatic heterocycles. The summed E-state index contributed by atoms with van der Waals surface area (Å²) in [5.74, 6) is -4.23. The summed E-state index contributed by atoms with van der Waals surface area (Å²) < 4.78 is 43.8. The Hall–Kier alpha value is -4.92. The largest absolute Gasteiger partial charge is 0.478 e. The van der Waals surface area contributed by atoms with Crippen molar-refractivity contribution >= 4 is 23.5 Å². The van der Waals surface area contributed by atoms with E-state index in [4.69, 9.17) is 0 Å². The Morgan fingerprint density at radius 1 is 0.705 bits per heavy atom. The Kier molecular flexibility index (Phi) is 8.99. The van der Waals surface area contributed by atoms with Gasteiger partial charge in [-0.1, -0.05) is 36.4 Å². The van der Waals surface area contributed by atoms with Gasteiger partial charge in [0.1, 0.15) is 5.92 Å². The van der Waals surface area contributed by atoms with Crippen LogP contribution < -0.4 is 10.6 Å². The summed E-state index contributed by atoms with van der Waals surface area (Å²) in [5.41, 5.74) is 4.67. The first kappa shape index (κ1) is 32.0. The predicted molar refractivity (Wildman–Crippen MR) is 165 cm³/mol. The minimum Gasteiger partial charge on any atom is -0.478 e. The fourth-order valence-corrected chi connectivity index (χ4v) is 5.37. The van der Waals surface area contributed by atoms with E-state index in [1.807, 2.05) is 6.92 Å². The summed E-state index contributed by atoms with van der Waals surface area (Å²) in [6.45, 7) is 8.55. The van der Waals surface area contributed by atoms with Crippen LogP contribution in [0.15, 0.2) is 66.7 Å². The van der Waals surface area contributed by atoms with E-state index in [1.54, 1.807) is 64.1 Å². The number of carboxylic acid groups (broad SMARTS) is 1. The highest BCUT2D eigenvalue weighted by molar-refractivity contribution is 6.11. The lowest BCUT2D eigenvalue weighted by Gasteiger charge is -2.27. The van der Waals surface area contributed by atoms with Crippen molar-refractivity contribution in [2.24, 2.45) is 0 Å². The molecule has 6 nitrogen and oxygen atoms in total. The Morgan fingerprint density at radius 2 is 1.32 bits per heavy atom. The monoisotopic (exact) mass is 602 g/mol. The second-order valence-corrected chi connectivity index (χ2v) is 10.8. The van der Waals surface area contributed by atoms with Gasteiger partial charge < -0.3 is 15.7 Å². The number of rotatable bonds is 7. The molecule has 1 unspecified atom stereocenters. The predicted octanol–water partition coefficient (Wildman–Crippen LogP) is 7.90. The highest BCUT2D eigenvalue weighted by atomic mass is 19.4. The third-order valence-electron chi connectivity index (χ3n) is 8.31. The van der Waals surface area contributed by atoms with Gasteiger partial charge in [0.15, 0.2) is 0 Å². The van der Waals surface area contributed by atoms with Crippen LogP contribution >= 0.6 is 0 Å². The maximum Gasteiger partial charge on any atom is 0.399 e. The zero-order valence-electron chi connectivity index (χ0n) is 25.2. The molecule has 0 saturated carbocycles. The van der Waals surface area contributed by atoms with Crippen molar-refractivity contribution in [3.8, 4) is 11.1 Å². The molecule has 4 aromatic carbocycles. The van der Waals surface area contributed by atoms with Gasteiger partial charge in [0, 0.05) is 18.3 Å². The van der Waals surface area contributed by atoms with Gasteiger partial charge in [-0.05, 0) is 115 Å². The molecule has 0 fully saturated rings. The second kappa shape index (κ2) is 12.4. The molecule has 2 amide bonds. The fraction of sp³-hybridized carbons (Fsp3) is 0.229. The van der Waals surface area contributed by atoms with Gasteiger partial charge in [0.2, 0.25) is 0 Å². The van der Waals surface area contributed by atoms with E-state index in [2.05, 4.69) is 10.6 Å². The van der Waals surface area contributed by atoms with E-state index < -0.39 is 24.0 Å². The maximum absolute atomic E-state index is 14.6. The molecule has 0 aliphatic carbocycles. The molecule has 4 rings (SSSR count). The van der Waals surface area contributed by atoms with E-state index >= 15 is 0 Å². The van der Waals surface area contributed by atoms with Crippen LogP contribution in [0, 0.1) is 34.6 Å². The third-order valence-corrected chi connectivity index (χ3v) is 8.31. The zero-order valence-corrected chi connectivity index (χ0v) is 25.2. The highest BCUT2D eigenvalue weighted by Crippen LogP contribution is 2.44. The van der Waals surface area contributed by atoms with Crippen molar-refractivity contribution in [2.45, 2.75) is 46.7 Å². The second-order valence-electron chi connectivity index (χ2n) is 10.8. The molecule has 0 radical (unpaired) electrons. The number of aromatic carboxylic acids is 1. The van der Waals surface area contributed by atoms with E-state index in [0.717, 1.165) is 11.1 Å². The van der Waals surface area contributed by atoms with Gasteiger partial charge in [-0.2, -0.15) is 13.2 Å². The smallest absolute Gasteiger partial charge is 0.399 e. The van der Waals surface area contributed by atoms with Crippen LogP contribution in [0.25, 0.3) is 11.1 Å². The average Bonchev–Trinajstić information content (AvgIpc) is 2.99. The quantitative estimate of drug-likeness (QED) is 0.200. The Labute approximate surface area is 253 Å². The minimum atomic E-state index is -4.57. The van der Waals surface area contributed by atoms with Crippen molar-refractivity contribution < 1.29 is 32.7 Å². The summed E-state index contributed by atoms with van der Waals surface area (Å²) >= 11 is 0. The summed E-state index contributed by atoms with van der Waals surface area (Å²) in [4.78, 5) is 37.6. The molecular weight excluding hydrogens is 569 g/mol. The topological polar surface area (TPSA) is 95.5 Å². The van der Waals surface area contributed by atoms with Gasteiger partial charge in [0.05, 0.1) is 11.1 Å². The number of hydrogen-bond acceptors (Lipinski definition) is 3. The first-order chi connectivity index (χ1) is 20.6. The summed E-state index contributed by atoms with van der Waals surface area (Å²) in [6.07, 6.45) is -4.57. The number of nitrogens with one attached hydrogen (secondary N) is 2. The number of anilines is 1. The average molecular weight is 603 g/mol. The molecule has 0 heterocycles. The van der Waals surface area contributed by atoms with Crippen molar-refractivity contribution in [1.29, 1.82) is 0 Å². The lowest BCUT2D eigenvalue weighted by molar-refractivity contribution is -0.141. The minimum absolute atomic E-state index is 0.0728. The molecule has 44 heavy (non-hydrogen) atoms. The number of halogens is 3. The van der Waals surface area contributed by atoms with Crippen LogP contribution in [-0.2, 0) is 0 Å². The van der Waals surface area contributed by atoms with Crippen LogP contribution in [0.5, 0.6) is 0 Å². The van der Waals surface area contributed by atoms with Crippen LogP contribution in [0.2, 0.25) is 0 Å². The Balaban J connectivity index is 1.74. The molecule has 0 bridgehead atoms. The van der Waals surface area contributed by atoms with Gasteiger partial charge in [-0.3, -0.25) is 9.59 Å². The number of carboxylic acids is 1. The Morgan fingerprint density at radius 3 is 1.93 bits per heavy atom. The molecule has 3 N–H and O–H groups in total. The molecule has 0 aliphatic heterocycles. The third kappa shape index (κ3) is 6.22. The first-order valence-electron chi connectivity index (χ1n) is 13.9. The molecule has 4 aromatic rings. The van der Waals surface area contributed by atoms with Gasteiger partial charge in [-0.15, -0.1) is 0 Å². The fourth-order valence-electron chi connectivity index (χ4n) is 5.37. The van der Waals surface area contributed by atoms with Crippen molar-refractivity contribution in [1.82, 2.24) is 5.32 Å². The maximum atomic E-state index is 14.6. The number of aryl methyl sites for hydroxylation is 1. The standard InChI is InChI=1S/C35H33F3N2O4/c1-18-10-12-26(20(3)19(18)2)31(35(36,37)38)27-14-15-30(22(5)21(27)4)40-33(42)29-17-24(11-13-28(29)34(43)44)23-8-7-9-25(16-23)32(41)39-6/h7-17,31H,1-6H3,(H,39,41)(H,40,42)(H,43,44). The van der Waals surface area contributed by atoms with E-state index in [-0.39, 0.29) is 33.8 Å². The van der Waals surface area contributed by atoms with Crippen LogP contribution in [0.4, 0.5) is 18.9 Å². The lowest BCUT2D eigenvalue weighted by atomic mass is 9.82. The SMILES string of the molecule is CNC(=O)c1cccc(-c2ccc(C(=O)O)c(C(=O)Nc3ccc(C(c4ccc(C)c(C)c4C)C(F)(F)F)c(C)c3C)c2)c1. The molecule has 0 saturated heterocycles. The molecular formula is C35H33F3N2O4. The van der Waals surface area contributed by atoms with Crippen molar-refractivity contribution in [2.75, 3.05) is 12.4 Å². The number of benzene rings is 4. The first-order valence-corrected chi connectivity index (χ1v) is 13.9. The Bertz CT molecular complexity index is 1790. The number of carbonyl (C=O) groups excluding carboxylic acids is 2. The van der Waals surface area contributed by atoms with Gasteiger partial charge in [-0.25, -0.2) is 4.79 Å². The van der Waals surface area contributed by atoms with E-state index in [1.165, 1.54) is 37.4 Å². The van der Waals surface area contributed by atoms with Gasteiger partial charge in [0.25, 0.3) is 11.8 Å². The number of amides is 2. The van der Waals surface area contributed by atoms with Gasteiger partial charge >= 0.3 is 12.1 Å². The van der Waals surface area contributed by atoms with Crippen LogP contribution in [0.3, 0.4) is 0 Å². The number of hydrogen-bond donors (Lipinski definition) is 3. The van der Waals surface area contributed by atoms with Crippen LogP contribution in [-0.4, -0.2) is 36.1 Å². The van der Waals surface area contributed by atoms with Crippen molar-refractivity contribution in [3.63, 3.8) is 0 Å². The van der Waals surface area contributed by atoms with Crippen LogP contribution in [0.1, 0.15) is 75.9 Å². The molecule has 0 aliphatic rings. The number of alkyl halides is 3. The lowest BCUT2D eigenvalue weighted by Crippen LogP contribution is -2.24.